The number of anilines is 2. The molecule has 1 aliphatic heterocycles. The summed E-state index contributed by atoms with van der Waals surface area (Å²) in [6.07, 6.45) is 4.90. The number of aryl methyl sites for hydroxylation is 1. The van der Waals surface area contributed by atoms with Crippen molar-refractivity contribution >= 4 is 73.3 Å². The van der Waals surface area contributed by atoms with E-state index in [-0.39, 0.29) is 0 Å². The third-order valence-corrected chi connectivity index (χ3v) is 9.46. The summed E-state index contributed by atoms with van der Waals surface area (Å²) in [7, 11) is 2.28. The van der Waals surface area contributed by atoms with E-state index in [9.17, 15) is 0 Å². The van der Waals surface area contributed by atoms with E-state index in [1.165, 1.54) is 74.0 Å². The highest BCUT2D eigenvalue weighted by molar-refractivity contribution is 6.74. The van der Waals surface area contributed by atoms with Gasteiger partial charge in [-0.25, -0.2) is 0 Å². The van der Waals surface area contributed by atoms with Crippen LogP contribution in [0.25, 0.3) is 60.4 Å². The zero-order valence-corrected chi connectivity index (χ0v) is 25.3. The molecule has 1 radical (unpaired) electrons. The van der Waals surface area contributed by atoms with Crippen molar-refractivity contribution in [3.05, 3.63) is 127 Å². The van der Waals surface area contributed by atoms with Crippen LogP contribution in [0.15, 0.2) is 126 Å². The standard InChI is InChI=1S/C41H32BN2O/c1-2-3-4-13-26-22-24-27(25-23-26)43-33-19-10-7-16-30(33)36-28-14-5-6-15-29(28)37-31-17-8-11-20-34(31)44-39-32-18-9-12-21-35(32)45-41(39)42-38(36)40(37)44/h5-12,14-25,43H,2-4,13H2,1H3. The average molecular weight is 580 g/mol. The van der Waals surface area contributed by atoms with Crippen molar-refractivity contribution in [1.82, 2.24) is 4.57 Å². The molecule has 215 valence electrons. The number of nitrogens with one attached hydrogen (secondary N) is 1. The Balaban J connectivity index is 1.30. The predicted octanol–water partition coefficient (Wildman–Crippen LogP) is 9.79. The fourth-order valence-electron chi connectivity index (χ4n) is 7.42. The summed E-state index contributed by atoms with van der Waals surface area (Å²) in [4.78, 5) is 0. The average Bonchev–Trinajstić information content (AvgIpc) is 3.63. The third-order valence-electron chi connectivity index (χ3n) is 9.46. The number of nitrogens with zero attached hydrogens (tertiary/aromatic N) is 1. The molecule has 0 saturated carbocycles. The molecule has 1 aliphatic rings. The molecule has 0 spiro atoms. The molecule has 0 saturated heterocycles. The second-order valence-electron chi connectivity index (χ2n) is 12.2. The summed E-state index contributed by atoms with van der Waals surface area (Å²) >= 11 is 0. The van der Waals surface area contributed by atoms with Crippen LogP contribution in [0.5, 0.6) is 0 Å². The number of benzene rings is 6. The number of furan rings is 1. The number of rotatable bonds is 7. The SMILES string of the molecule is CCCCCc1ccc(Nc2ccccc2-c2c3c4c(c5ccccc25)c2ccccc2n4-c2c(oc4ccccc24)[B]3)cc1. The Labute approximate surface area is 263 Å². The highest BCUT2D eigenvalue weighted by Crippen LogP contribution is 2.44. The molecule has 0 bridgehead atoms. The summed E-state index contributed by atoms with van der Waals surface area (Å²) in [6, 6.07) is 43.7. The molecule has 8 aromatic rings. The Bertz CT molecular complexity index is 2400. The molecule has 4 heteroatoms. The van der Waals surface area contributed by atoms with Gasteiger partial charge in [-0.05, 0) is 76.6 Å². The number of hydrogen-bond donors (Lipinski definition) is 1. The molecule has 6 aromatic carbocycles. The van der Waals surface area contributed by atoms with Crippen LogP contribution in [0.2, 0.25) is 0 Å². The first-order valence-electron chi connectivity index (χ1n) is 16.1. The van der Waals surface area contributed by atoms with Crippen molar-refractivity contribution in [2.24, 2.45) is 0 Å². The molecular weight excluding hydrogens is 547 g/mol. The molecule has 0 fully saturated rings. The first-order chi connectivity index (χ1) is 22.3. The molecule has 3 heterocycles. The van der Waals surface area contributed by atoms with Crippen molar-refractivity contribution < 1.29 is 4.42 Å². The van der Waals surface area contributed by atoms with Crippen LogP contribution in [0.4, 0.5) is 11.4 Å². The minimum Gasteiger partial charge on any atom is -0.469 e. The van der Waals surface area contributed by atoms with Gasteiger partial charge in [0.1, 0.15) is 5.58 Å². The molecule has 0 aliphatic carbocycles. The zero-order valence-electron chi connectivity index (χ0n) is 25.3. The minimum atomic E-state index is 0.895. The quantitative estimate of drug-likeness (QED) is 0.151. The molecule has 9 rings (SSSR count). The van der Waals surface area contributed by atoms with Crippen LogP contribution in [0.3, 0.4) is 0 Å². The number of hydrogen-bond acceptors (Lipinski definition) is 2. The molecule has 0 unspecified atom stereocenters. The lowest BCUT2D eigenvalue weighted by Crippen LogP contribution is -2.36. The van der Waals surface area contributed by atoms with E-state index in [2.05, 4.69) is 139 Å². The van der Waals surface area contributed by atoms with Gasteiger partial charge in [-0.3, -0.25) is 0 Å². The molecule has 1 N–H and O–H groups in total. The maximum atomic E-state index is 6.58. The highest BCUT2D eigenvalue weighted by Gasteiger charge is 2.32. The van der Waals surface area contributed by atoms with Gasteiger partial charge in [0.2, 0.25) is 7.28 Å². The van der Waals surface area contributed by atoms with E-state index in [1.807, 2.05) is 6.07 Å². The van der Waals surface area contributed by atoms with Crippen LogP contribution < -0.4 is 16.4 Å². The van der Waals surface area contributed by atoms with Gasteiger partial charge in [0.05, 0.1) is 16.9 Å². The van der Waals surface area contributed by atoms with Gasteiger partial charge >= 0.3 is 0 Å². The number of aromatic nitrogens is 1. The number of para-hydroxylation sites is 3. The summed E-state index contributed by atoms with van der Waals surface area (Å²) in [5.74, 6) is 0. The van der Waals surface area contributed by atoms with Gasteiger partial charge in [-0.15, -0.1) is 0 Å². The lowest BCUT2D eigenvalue weighted by Gasteiger charge is -2.23. The predicted molar refractivity (Wildman–Crippen MR) is 191 cm³/mol. The van der Waals surface area contributed by atoms with E-state index < -0.39 is 0 Å². The van der Waals surface area contributed by atoms with E-state index in [1.54, 1.807) is 0 Å². The second kappa shape index (κ2) is 10.5. The molecule has 2 aromatic heterocycles. The Kier molecular flexibility index (Phi) is 6.09. The molecule has 0 amide bonds. The third kappa shape index (κ3) is 4.05. The Hall–Kier alpha value is -5.22. The van der Waals surface area contributed by atoms with Gasteiger partial charge in [0.15, 0.2) is 0 Å². The van der Waals surface area contributed by atoms with Crippen molar-refractivity contribution in [3.63, 3.8) is 0 Å². The summed E-state index contributed by atoms with van der Waals surface area (Å²) < 4.78 is 9.03. The Morgan fingerprint density at radius 2 is 1.40 bits per heavy atom. The lowest BCUT2D eigenvalue weighted by molar-refractivity contribution is 0.650. The van der Waals surface area contributed by atoms with E-state index in [0.717, 1.165) is 40.1 Å². The van der Waals surface area contributed by atoms with Crippen LogP contribution in [0.1, 0.15) is 31.7 Å². The smallest absolute Gasteiger partial charge is 0.247 e. The lowest BCUT2D eigenvalue weighted by atomic mass is 9.61. The van der Waals surface area contributed by atoms with Gasteiger partial charge in [-0.2, -0.15) is 0 Å². The van der Waals surface area contributed by atoms with Crippen molar-refractivity contribution in [2.75, 3.05) is 5.32 Å². The van der Waals surface area contributed by atoms with Gasteiger partial charge < -0.3 is 14.3 Å². The largest absolute Gasteiger partial charge is 0.469 e. The minimum absolute atomic E-state index is 0.895. The molecule has 3 nitrogen and oxygen atoms in total. The normalized spacial score (nSPS) is 12.2. The highest BCUT2D eigenvalue weighted by atomic mass is 16.3. The second-order valence-corrected chi connectivity index (χ2v) is 12.2. The summed E-state index contributed by atoms with van der Waals surface area (Å²) in [6.45, 7) is 2.26. The molecule has 0 atom stereocenters. The Morgan fingerprint density at radius 3 is 2.24 bits per heavy atom. The zero-order chi connectivity index (χ0) is 29.9. The maximum absolute atomic E-state index is 6.58. The molecule has 45 heavy (non-hydrogen) atoms. The Morgan fingerprint density at radius 1 is 0.689 bits per heavy atom. The van der Waals surface area contributed by atoms with Crippen LogP contribution in [-0.4, -0.2) is 11.8 Å². The van der Waals surface area contributed by atoms with Crippen molar-refractivity contribution in [1.29, 1.82) is 0 Å². The van der Waals surface area contributed by atoms with Gasteiger partial charge in [0, 0.05) is 38.6 Å². The summed E-state index contributed by atoms with van der Waals surface area (Å²) in [5.41, 5.74) is 12.5. The first kappa shape index (κ1) is 26.2. The van der Waals surface area contributed by atoms with Crippen LogP contribution in [-0.2, 0) is 6.42 Å². The molecular formula is C41H32BN2O. The van der Waals surface area contributed by atoms with E-state index in [0.29, 0.717) is 0 Å². The fraction of sp³-hybridized carbons (Fsp3) is 0.122. The van der Waals surface area contributed by atoms with E-state index >= 15 is 0 Å². The fourth-order valence-corrected chi connectivity index (χ4v) is 7.42. The first-order valence-corrected chi connectivity index (χ1v) is 16.1. The monoisotopic (exact) mass is 579 g/mol. The van der Waals surface area contributed by atoms with Gasteiger partial charge in [-0.1, -0.05) is 105 Å². The van der Waals surface area contributed by atoms with Crippen LogP contribution in [0, 0.1) is 0 Å². The topological polar surface area (TPSA) is 30.1 Å². The van der Waals surface area contributed by atoms with Gasteiger partial charge in [0.25, 0.3) is 0 Å². The van der Waals surface area contributed by atoms with Crippen molar-refractivity contribution in [2.45, 2.75) is 32.6 Å². The van der Waals surface area contributed by atoms with E-state index in [4.69, 9.17) is 4.42 Å². The van der Waals surface area contributed by atoms with Crippen molar-refractivity contribution in [3.8, 4) is 16.8 Å². The summed E-state index contributed by atoms with van der Waals surface area (Å²) in [5, 5.41) is 9.96. The maximum Gasteiger partial charge on any atom is 0.247 e. The van der Waals surface area contributed by atoms with Crippen LogP contribution >= 0.6 is 0 Å². The number of unbranched alkanes of at least 4 members (excludes halogenated alkanes) is 2. The number of fused-ring (bicyclic) bond motifs is 9.